The first kappa shape index (κ1) is 10.5. The zero-order valence-electron chi connectivity index (χ0n) is 8.90. The molecule has 1 aromatic rings. The number of carbonyl (C=O) groups is 2. The Kier molecular flexibility index (Phi) is 2.52. The molecule has 0 saturated carbocycles. The van der Waals surface area contributed by atoms with E-state index in [1.165, 1.54) is 4.90 Å². The van der Waals surface area contributed by atoms with Gasteiger partial charge in [-0.15, -0.1) is 0 Å². The molecule has 5 heteroatoms. The number of nitrogens with zero attached hydrogens (tertiary/aromatic N) is 1. The molecule has 1 aliphatic rings. The van der Waals surface area contributed by atoms with Crippen molar-refractivity contribution in [1.29, 1.82) is 0 Å². The maximum atomic E-state index is 11.8. The van der Waals surface area contributed by atoms with Crippen molar-refractivity contribution in [2.24, 2.45) is 5.73 Å². The summed E-state index contributed by atoms with van der Waals surface area (Å²) in [4.78, 5) is 24.0. The Morgan fingerprint density at radius 3 is 2.94 bits per heavy atom. The van der Waals surface area contributed by atoms with Gasteiger partial charge in [-0.2, -0.15) is 0 Å². The van der Waals surface area contributed by atoms with Gasteiger partial charge in [0.1, 0.15) is 5.75 Å². The Morgan fingerprint density at radius 1 is 1.56 bits per heavy atom. The van der Waals surface area contributed by atoms with Gasteiger partial charge in [0.15, 0.2) is 0 Å². The molecule has 0 fully saturated rings. The fraction of sp³-hybridized carbons (Fsp3) is 0.273. The number of nitrogens with two attached hydrogens (primary N) is 1. The molecule has 0 aromatic heterocycles. The average molecular weight is 220 g/mol. The number of primary amides is 1. The topological polar surface area (TPSA) is 72.6 Å². The lowest BCUT2D eigenvalue weighted by Gasteiger charge is -2.11. The molecule has 0 spiro atoms. The minimum atomic E-state index is -0.506. The van der Waals surface area contributed by atoms with Crippen LogP contribution in [0.5, 0.6) is 5.75 Å². The molecular weight excluding hydrogens is 208 g/mol. The van der Waals surface area contributed by atoms with E-state index < -0.39 is 5.91 Å². The van der Waals surface area contributed by atoms with Crippen LogP contribution in [0.25, 0.3) is 0 Å². The second-order valence-electron chi connectivity index (χ2n) is 3.65. The molecule has 0 bridgehead atoms. The van der Waals surface area contributed by atoms with Crippen LogP contribution < -0.4 is 10.5 Å². The number of carbonyl (C=O) groups excluding carboxylic acids is 2. The molecule has 5 nitrogen and oxygen atoms in total. The normalized spacial score (nSPS) is 13.8. The molecule has 0 aliphatic carbocycles. The number of rotatable bonds is 3. The highest BCUT2D eigenvalue weighted by molar-refractivity contribution is 6.00. The minimum absolute atomic E-state index is 0.0458. The van der Waals surface area contributed by atoms with Crippen molar-refractivity contribution in [1.82, 2.24) is 4.90 Å². The zero-order valence-corrected chi connectivity index (χ0v) is 8.90. The van der Waals surface area contributed by atoms with E-state index in [-0.39, 0.29) is 12.5 Å². The summed E-state index contributed by atoms with van der Waals surface area (Å²) in [5, 5.41) is 0. The molecule has 16 heavy (non-hydrogen) atoms. The summed E-state index contributed by atoms with van der Waals surface area (Å²) >= 11 is 0. The first-order chi connectivity index (χ1) is 7.61. The Hall–Kier alpha value is -2.04. The fourth-order valence-corrected chi connectivity index (χ4v) is 1.80. The predicted octanol–water partition coefficient (Wildman–Crippen LogP) is 0.136. The van der Waals surface area contributed by atoms with Crippen molar-refractivity contribution in [3.05, 3.63) is 29.3 Å². The van der Waals surface area contributed by atoms with Crippen LogP contribution in [-0.4, -0.2) is 30.4 Å². The fourth-order valence-electron chi connectivity index (χ4n) is 1.80. The van der Waals surface area contributed by atoms with E-state index in [0.717, 1.165) is 5.56 Å². The summed E-state index contributed by atoms with van der Waals surface area (Å²) in [5.41, 5.74) is 6.55. The van der Waals surface area contributed by atoms with Gasteiger partial charge in [-0.1, -0.05) is 0 Å². The van der Waals surface area contributed by atoms with E-state index in [1.54, 1.807) is 25.3 Å². The Morgan fingerprint density at radius 2 is 2.31 bits per heavy atom. The summed E-state index contributed by atoms with van der Waals surface area (Å²) in [7, 11) is 1.57. The second kappa shape index (κ2) is 3.84. The van der Waals surface area contributed by atoms with Crippen LogP contribution in [-0.2, 0) is 11.3 Å². The van der Waals surface area contributed by atoms with Gasteiger partial charge in [0.2, 0.25) is 5.91 Å². The standard InChI is InChI=1S/C11H12N2O3/c1-16-8-2-3-9-7(4-8)5-13(11(9)15)6-10(12)14/h2-4H,5-6H2,1H3,(H2,12,14). The molecule has 1 heterocycles. The van der Waals surface area contributed by atoms with E-state index in [2.05, 4.69) is 0 Å². The lowest BCUT2D eigenvalue weighted by molar-refractivity contribution is -0.118. The van der Waals surface area contributed by atoms with Crippen LogP contribution in [0.2, 0.25) is 0 Å². The molecule has 84 valence electrons. The van der Waals surface area contributed by atoms with Gasteiger partial charge in [0.25, 0.3) is 5.91 Å². The van der Waals surface area contributed by atoms with Gasteiger partial charge in [-0.05, 0) is 23.8 Å². The molecular formula is C11H12N2O3. The number of amides is 2. The number of methoxy groups -OCH3 is 1. The van der Waals surface area contributed by atoms with Gasteiger partial charge < -0.3 is 15.4 Å². The van der Waals surface area contributed by atoms with Gasteiger partial charge >= 0.3 is 0 Å². The smallest absolute Gasteiger partial charge is 0.254 e. The third kappa shape index (κ3) is 1.71. The second-order valence-corrected chi connectivity index (χ2v) is 3.65. The Balaban J connectivity index is 2.27. The van der Waals surface area contributed by atoms with Crippen molar-refractivity contribution < 1.29 is 14.3 Å². The molecule has 0 unspecified atom stereocenters. The van der Waals surface area contributed by atoms with Gasteiger partial charge in [0, 0.05) is 12.1 Å². The highest BCUT2D eigenvalue weighted by Crippen LogP contribution is 2.26. The largest absolute Gasteiger partial charge is 0.497 e. The predicted molar refractivity (Wildman–Crippen MR) is 56.9 cm³/mol. The van der Waals surface area contributed by atoms with Gasteiger partial charge in [-0.3, -0.25) is 9.59 Å². The molecule has 0 saturated heterocycles. The minimum Gasteiger partial charge on any atom is -0.497 e. The number of benzene rings is 1. The van der Waals surface area contributed by atoms with Crippen LogP contribution in [0, 0.1) is 0 Å². The third-order valence-electron chi connectivity index (χ3n) is 2.54. The molecule has 1 aromatic carbocycles. The van der Waals surface area contributed by atoms with Crippen LogP contribution in [0.3, 0.4) is 0 Å². The maximum absolute atomic E-state index is 11.8. The molecule has 2 N–H and O–H groups in total. The Labute approximate surface area is 92.8 Å². The first-order valence-corrected chi connectivity index (χ1v) is 4.86. The van der Waals surface area contributed by atoms with Crippen molar-refractivity contribution in [3.63, 3.8) is 0 Å². The highest BCUT2D eigenvalue weighted by Gasteiger charge is 2.28. The summed E-state index contributed by atoms with van der Waals surface area (Å²) in [6, 6.07) is 5.23. The first-order valence-electron chi connectivity index (χ1n) is 4.86. The zero-order chi connectivity index (χ0) is 11.7. The van der Waals surface area contributed by atoms with E-state index in [9.17, 15) is 9.59 Å². The number of ether oxygens (including phenoxy) is 1. The molecule has 2 rings (SSSR count). The molecule has 1 aliphatic heterocycles. The van der Waals surface area contributed by atoms with E-state index in [1.807, 2.05) is 0 Å². The molecule has 0 radical (unpaired) electrons. The molecule has 2 amide bonds. The Bertz CT molecular complexity index is 457. The van der Waals surface area contributed by atoms with Gasteiger partial charge in [0.05, 0.1) is 13.7 Å². The maximum Gasteiger partial charge on any atom is 0.254 e. The monoisotopic (exact) mass is 220 g/mol. The van der Waals surface area contributed by atoms with Crippen molar-refractivity contribution in [3.8, 4) is 5.75 Å². The SMILES string of the molecule is COc1ccc2c(c1)CN(CC(N)=O)C2=O. The number of hydrogen-bond acceptors (Lipinski definition) is 3. The third-order valence-corrected chi connectivity index (χ3v) is 2.54. The summed E-state index contributed by atoms with van der Waals surface area (Å²) < 4.78 is 5.07. The highest BCUT2D eigenvalue weighted by atomic mass is 16.5. The summed E-state index contributed by atoms with van der Waals surface area (Å²) in [6.07, 6.45) is 0. The van der Waals surface area contributed by atoms with E-state index in [4.69, 9.17) is 10.5 Å². The summed E-state index contributed by atoms with van der Waals surface area (Å²) in [6.45, 7) is 0.365. The lowest BCUT2D eigenvalue weighted by Crippen LogP contribution is -2.33. The average Bonchev–Trinajstić information content (AvgIpc) is 2.54. The van der Waals surface area contributed by atoms with Crippen LogP contribution in [0.1, 0.15) is 15.9 Å². The quantitative estimate of drug-likeness (QED) is 0.787. The number of fused-ring (bicyclic) bond motifs is 1. The van der Waals surface area contributed by atoms with Crippen LogP contribution in [0.4, 0.5) is 0 Å². The van der Waals surface area contributed by atoms with Crippen LogP contribution >= 0.6 is 0 Å². The van der Waals surface area contributed by atoms with Crippen molar-refractivity contribution in [2.45, 2.75) is 6.54 Å². The van der Waals surface area contributed by atoms with Crippen molar-refractivity contribution in [2.75, 3.05) is 13.7 Å². The summed E-state index contributed by atoms with van der Waals surface area (Å²) in [5.74, 6) is 0.0389. The lowest BCUT2D eigenvalue weighted by atomic mass is 10.1. The molecule has 0 atom stereocenters. The van der Waals surface area contributed by atoms with E-state index in [0.29, 0.717) is 17.9 Å². The van der Waals surface area contributed by atoms with Crippen molar-refractivity contribution >= 4 is 11.8 Å². The number of hydrogen-bond donors (Lipinski definition) is 1. The van der Waals surface area contributed by atoms with Crippen LogP contribution in [0.15, 0.2) is 18.2 Å². The van der Waals surface area contributed by atoms with E-state index >= 15 is 0 Å². The van der Waals surface area contributed by atoms with Gasteiger partial charge in [-0.25, -0.2) is 0 Å².